The zero-order valence-electron chi connectivity index (χ0n) is 6.49. The molecule has 3 nitrogen and oxygen atoms in total. The van der Waals surface area contributed by atoms with E-state index in [9.17, 15) is 0 Å². The maximum atomic E-state index is 8.98. The van der Waals surface area contributed by atoms with Crippen LogP contribution in [0.4, 0.5) is 0 Å². The molecule has 0 saturated carbocycles. The zero-order chi connectivity index (χ0) is 9.23. The average molecular weight is 166 g/mol. The van der Waals surface area contributed by atoms with E-state index in [1.165, 1.54) is 12.2 Å². The molecule has 3 heteroatoms. The molecule has 0 heterocycles. The van der Waals surface area contributed by atoms with Gasteiger partial charge in [-0.2, -0.15) is 0 Å². The van der Waals surface area contributed by atoms with E-state index in [0.717, 1.165) is 0 Å². The zero-order valence-corrected chi connectivity index (χ0v) is 6.49. The summed E-state index contributed by atoms with van der Waals surface area (Å²) in [4.78, 5) is 0. The third-order valence-electron chi connectivity index (χ3n) is 0.872. The van der Waals surface area contributed by atoms with Crippen molar-refractivity contribution in [1.29, 1.82) is 0 Å². The highest BCUT2D eigenvalue weighted by atomic mass is 16.3. The minimum absolute atomic E-state index is 0.206. The normalized spacial score (nSPS) is 11.2. The number of hydrogen-bond donors (Lipinski definition) is 3. The number of hydrogen-bond acceptors (Lipinski definition) is 3. The Morgan fingerprint density at radius 3 is 2.42 bits per heavy atom. The van der Waals surface area contributed by atoms with Gasteiger partial charge in [0.15, 0.2) is 0 Å². The molecule has 0 amide bonds. The first-order chi connectivity index (χ1) is 5.81. The minimum Gasteiger partial charge on any atom is -0.384 e. The van der Waals surface area contributed by atoms with Gasteiger partial charge < -0.3 is 15.3 Å². The van der Waals surface area contributed by atoms with Crippen molar-refractivity contribution in [2.24, 2.45) is 0 Å². The van der Waals surface area contributed by atoms with Crippen LogP contribution in [-0.4, -0.2) is 34.6 Å². The van der Waals surface area contributed by atoms with Crippen molar-refractivity contribution in [3.8, 4) is 23.7 Å². The number of allylic oxidation sites excluding steroid dienone is 1. The molecule has 0 aromatic carbocycles. The summed E-state index contributed by atoms with van der Waals surface area (Å²) in [6.07, 6.45) is 1.85. The fourth-order valence-corrected chi connectivity index (χ4v) is 0.442. The van der Waals surface area contributed by atoms with Crippen molar-refractivity contribution in [3.63, 3.8) is 0 Å². The van der Waals surface area contributed by atoms with Gasteiger partial charge in [0.1, 0.15) is 19.3 Å². The third kappa shape index (κ3) is 6.85. The monoisotopic (exact) mass is 166 g/mol. The van der Waals surface area contributed by atoms with Crippen LogP contribution in [0.25, 0.3) is 0 Å². The highest BCUT2D eigenvalue weighted by Crippen LogP contribution is 1.81. The molecule has 1 atom stereocenters. The maximum Gasteiger partial charge on any atom is 0.134 e. The van der Waals surface area contributed by atoms with Gasteiger partial charge in [-0.1, -0.05) is 23.7 Å². The van der Waals surface area contributed by atoms with Crippen LogP contribution in [0.5, 0.6) is 0 Å². The van der Waals surface area contributed by atoms with Gasteiger partial charge in [0.25, 0.3) is 0 Å². The fraction of sp³-hybridized carbons (Fsp3) is 0.333. The van der Waals surface area contributed by atoms with Crippen LogP contribution in [0.1, 0.15) is 0 Å². The molecule has 1 unspecified atom stereocenters. The molecule has 3 N–H and O–H groups in total. The molecule has 0 aliphatic rings. The fourth-order valence-electron chi connectivity index (χ4n) is 0.442. The van der Waals surface area contributed by atoms with Crippen molar-refractivity contribution in [2.45, 2.75) is 6.10 Å². The van der Waals surface area contributed by atoms with Crippen LogP contribution >= 0.6 is 0 Å². The molecule has 0 bridgehead atoms. The van der Waals surface area contributed by atoms with Gasteiger partial charge in [0, 0.05) is 0 Å². The van der Waals surface area contributed by atoms with Gasteiger partial charge in [-0.05, 0) is 12.2 Å². The predicted molar refractivity (Wildman–Crippen MR) is 44.9 cm³/mol. The van der Waals surface area contributed by atoms with Crippen molar-refractivity contribution < 1.29 is 15.3 Å². The first-order valence-corrected chi connectivity index (χ1v) is 3.34. The second-order valence-electron chi connectivity index (χ2n) is 1.76. The Kier molecular flexibility index (Phi) is 7.02. The van der Waals surface area contributed by atoms with E-state index in [2.05, 4.69) is 23.7 Å². The molecule has 0 rings (SSSR count). The molecule has 0 aromatic rings. The van der Waals surface area contributed by atoms with Gasteiger partial charge in [0.05, 0.1) is 0 Å². The van der Waals surface area contributed by atoms with Crippen LogP contribution in [0.15, 0.2) is 12.2 Å². The molecule has 0 saturated heterocycles. The van der Waals surface area contributed by atoms with Crippen LogP contribution in [-0.2, 0) is 0 Å². The molecule has 12 heavy (non-hydrogen) atoms. The van der Waals surface area contributed by atoms with E-state index in [-0.39, 0.29) is 13.2 Å². The van der Waals surface area contributed by atoms with E-state index >= 15 is 0 Å². The maximum absolute atomic E-state index is 8.98. The lowest BCUT2D eigenvalue weighted by Gasteiger charge is -1.89. The summed E-state index contributed by atoms with van der Waals surface area (Å²) >= 11 is 0. The summed E-state index contributed by atoms with van der Waals surface area (Å²) in [5, 5.41) is 25.5. The largest absolute Gasteiger partial charge is 0.384 e. The van der Waals surface area contributed by atoms with Gasteiger partial charge in [-0.15, -0.1) is 0 Å². The van der Waals surface area contributed by atoms with Crippen molar-refractivity contribution in [1.82, 2.24) is 0 Å². The Balaban J connectivity index is 3.83. The van der Waals surface area contributed by atoms with Crippen molar-refractivity contribution in [3.05, 3.63) is 12.2 Å². The summed E-state index contributed by atoms with van der Waals surface area (Å²) in [5.41, 5.74) is 0. The van der Waals surface area contributed by atoms with Crippen molar-refractivity contribution in [2.75, 3.05) is 13.2 Å². The Morgan fingerprint density at radius 2 is 1.83 bits per heavy atom. The highest BCUT2D eigenvalue weighted by molar-refractivity contribution is 5.21. The second kappa shape index (κ2) is 7.84. The number of aliphatic hydroxyl groups is 3. The molecule has 0 spiro atoms. The highest BCUT2D eigenvalue weighted by Gasteiger charge is 1.86. The van der Waals surface area contributed by atoms with Gasteiger partial charge >= 0.3 is 0 Å². The summed E-state index contributed by atoms with van der Waals surface area (Å²) < 4.78 is 0. The standard InChI is InChI=1S/C9H10O3/c10-7-3-1-2-5-9(12)6-4-8-11/h2,5,9-12H,7-8H2/b5-2+. The quantitative estimate of drug-likeness (QED) is 0.433. The first-order valence-electron chi connectivity index (χ1n) is 3.34. The SMILES string of the molecule is OCC#C/C=C/C(O)C#CCO. The van der Waals surface area contributed by atoms with E-state index in [1.807, 2.05) is 0 Å². The van der Waals surface area contributed by atoms with Crippen LogP contribution < -0.4 is 0 Å². The summed E-state index contributed by atoms with van der Waals surface area (Å²) in [6.45, 7) is -0.476. The van der Waals surface area contributed by atoms with Crippen LogP contribution in [0.2, 0.25) is 0 Å². The lowest BCUT2D eigenvalue weighted by molar-refractivity contribution is 0.279. The summed E-state index contributed by atoms with van der Waals surface area (Å²) in [7, 11) is 0. The predicted octanol–water partition coefficient (Wildman–Crippen LogP) is -1.11. The van der Waals surface area contributed by atoms with Gasteiger partial charge in [0.2, 0.25) is 0 Å². The lowest BCUT2D eigenvalue weighted by atomic mass is 10.3. The van der Waals surface area contributed by atoms with Crippen molar-refractivity contribution >= 4 is 0 Å². The Bertz CT molecular complexity index is 246. The third-order valence-corrected chi connectivity index (χ3v) is 0.872. The lowest BCUT2D eigenvalue weighted by Crippen LogP contribution is -1.96. The van der Waals surface area contributed by atoms with E-state index in [1.54, 1.807) is 0 Å². The Morgan fingerprint density at radius 1 is 1.17 bits per heavy atom. The molecule has 64 valence electrons. The molecule has 0 aliphatic heterocycles. The number of rotatable bonds is 1. The second-order valence-corrected chi connectivity index (χ2v) is 1.76. The summed E-state index contributed by atoms with van der Waals surface area (Å²) in [5.74, 6) is 9.48. The van der Waals surface area contributed by atoms with Gasteiger partial charge in [-0.3, -0.25) is 0 Å². The Hall–Kier alpha value is -1.26. The molecule has 0 aromatic heterocycles. The topological polar surface area (TPSA) is 60.7 Å². The smallest absolute Gasteiger partial charge is 0.134 e. The minimum atomic E-state index is -0.912. The van der Waals surface area contributed by atoms with Gasteiger partial charge in [-0.25, -0.2) is 0 Å². The molecular weight excluding hydrogens is 156 g/mol. The molecular formula is C9H10O3. The van der Waals surface area contributed by atoms with Crippen LogP contribution in [0, 0.1) is 23.7 Å². The van der Waals surface area contributed by atoms with E-state index in [0.29, 0.717) is 0 Å². The number of aliphatic hydroxyl groups excluding tert-OH is 3. The summed E-state index contributed by atoms with van der Waals surface area (Å²) in [6, 6.07) is 0. The van der Waals surface area contributed by atoms with E-state index < -0.39 is 6.10 Å². The molecule has 0 fully saturated rings. The van der Waals surface area contributed by atoms with Crippen LogP contribution in [0.3, 0.4) is 0 Å². The molecule has 0 aliphatic carbocycles. The Labute approximate surface area is 71.4 Å². The molecule has 0 radical (unpaired) electrons. The average Bonchev–Trinajstić information content (AvgIpc) is 2.09. The van der Waals surface area contributed by atoms with E-state index in [4.69, 9.17) is 15.3 Å². The first kappa shape index (κ1) is 10.7.